The molecule has 1 aliphatic heterocycles. The predicted octanol–water partition coefficient (Wildman–Crippen LogP) is 3.26. The third kappa shape index (κ3) is 3.27. The van der Waals surface area contributed by atoms with Crippen LogP contribution < -0.4 is 4.74 Å². The lowest BCUT2D eigenvalue weighted by atomic mass is 10.1. The van der Waals surface area contributed by atoms with Gasteiger partial charge in [0, 0.05) is 35.1 Å². The van der Waals surface area contributed by atoms with Crippen molar-refractivity contribution in [2.75, 3.05) is 13.2 Å². The first-order chi connectivity index (χ1) is 11.3. The van der Waals surface area contributed by atoms with E-state index in [0.29, 0.717) is 6.04 Å². The Balaban J connectivity index is 1.43. The number of hydrogen-bond acceptors (Lipinski definition) is 5. The summed E-state index contributed by atoms with van der Waals surface area (Å²) in [7, 11) is 0. The van der Waals surface area contributed by atoms with Gasteiger partial charge in [0.25, 0.3) is 0 Å². The van der Waals surface area contributed by atoms with Crippen LogP contribution in [0, 0.1) is 6.92 Å². The number of thiophene rings is 1. The van der Waals surface area contributed by atoms with Gasteiger partial charge in [0.15, 0.2) is 0 Å². The molecule has 0 amide bonds. The molecule has 1 aliphatic carbocycles. The number of nitrogens with zero attached hydrogens (tertiary/aromatic N) is 2. The number of morpholine rings is 1. The highest BCUT2D eigenvalue weighted by atomic mass is 32.1. The second kappa shape index (κ2) is 6.59. The molecule has 1 saturated heterocycles. The molecule has 2 aromatic heterocycles. The number of hydrogen-bond donors (Lipinski definition) is 0. The van der Waals surface area contributed by atoms with E-state index in [1.165, 1.54) is 9.75 Å². The Hall–Kier alpha value is -1.43. The minimum atomic E-state index is 0.136. The average Bonchev–Trinajstić information content (AvgIpc) is 3.16. The second-order valence-electron chi connectivity index (χ2n) is 6.31. The summed E-state index contributed by atoms with van der Waals surface area (Å²) in [5.74, 6) is 0.841. The Morgan fingerprint density at radius 1 is 1.35 bits per heavy atom. The highest BCUT2D eigenvalue weighted by Gasteiger charge is 2.44. The van der Waals surface area contributed by atoms with E-state index in [-0.39, 0.29) is 12.2 Å². The number of rotatable bonds is 4. The zero-order chi connectivity index (χ0) is 15.6. The number of aryl methyl sites for hydroxylation is 1. The van der Waals surface area contributed by atoms with Crippen LogP contribution in [0.5, 0.6) is 5.75 Å². The largest absolute Gasteiger partial charge is 0.486 e. The van der Waals surface area contributed by atoms with Gasteiger partial charge in [0.2, 0.25) is 0 Å². The van der Waals surface area contributed by atoms with Crippen LogP contribution in [0.1, 0.15) is 22.6 Å². The Labute approximate surface area is 141 Å². The molecule has 1 saturated carbocycles. The van der Waals surface area contributed by atoms with E-state index in [9.17, 15) is 0 Å². The van der Waals surface area contributed by atoms with Crippen molar-refractivity contribution in [3.63, 3.8) is 0 Å². The summed E-state index contributed by atoms with van der Waals surface area (Å²) in [6.45, 7) is 5.00. The zero-order valence-electron chi connectivity index (χ0n) is 13.4. The van der Waals surface area contributed by atoms with Crippen molar-refractivity contribution >= 4 is 11.3 Å². The summed E-state index contributed by atoms with van der Waals surface area (Å²) in [5, 5.41) is 0. The average molecular weight is 330 g/mol. The van der Waals surface area contributed by atoms with Crippen molar-refractivity contribution in [2.24, 2.45) is 0 Å². The molecular weight excluding hydrogens is 308 g/mol. The van der Waals surface area contributed by atoms with E-state index in [4.69, 9.17) is 9.47 Å². The van der Waals surface area contributed by atoms with Gasteiger partial charge in [0.05, 0.1) is 12.8 Å². The van der Waals surface area contributed by atoms with Crippen LogP contribution in [0.2, 0.25) is 0 Å². The fourth-order valence-electron chi connectivity index (χ4n) is 3.68. The highest BCUT2D eigenvalue weighted by Crippen LogP contribution is 2.34. The summed E-state index contributed by atoms with van der Waals surface area (Å²) in [4.78, 5) is 9.53. The SMILES string of the molecule is Cc1ccc(CN2CCO[C@H]3[C@H](Oc4cccnc4)CC[C@@H]32)s1. The number of aromatic nitrogens is 1. The Morgan fingerprint density at radius 3 is 3.09 bits per heavy atom. The molecule has 3 atom stereocenters. The first-order valence-corrected chi connectivity index (χ1v) is 9.09. The van der Waals surface area contributed by atoms with Gasteiger partial charge in [-0.2, -0.15) is 0 Å². The lowest BCUT2D eigenvalue weighted by molar-refractivity contribution is -0.0914. The maximum absolute atomic E-state index is 6.14. The minimum absolute atomic E-state index is 0.136. The summed E-state index contributed by atoms with van der Waals surface area (Å²) >= 11 is 1.90. The lowest BCUT2D eigenvalue weighted by Gasteiger charge is -2.38. The third-order valence-electron chi connectivity index (χ3n) is 4.73. The van der Waals surface area contributed by atoms with Crippen LogP contribution >= 0.6 is 11.3 Å². The van der Waals surface area contributed by atoms with Crippen LogP contribution in [0.15, 0.2) is 36.7 Å². The van der Waals surface area contributed by atoms with Gasteiger partial charge >= 0.3 is 0 Å². The third-order valence-corrected chi connectivity index (χ3v) is 5.71. The molecule has 122 valence electrons. The summed E-state index contributed by atoms with van der Waals surface area (Å²) in [5.41, 5.74) is 0. The summed E-state index contributed by atoms with van der Waals surface area (Å²) < 4.78 is 12.2. The van der Waals surface area contributed by atoms with Crippen molar-refractivity contribution < 1.29 is 9.47 Å². The van der Waals surface area contributed by atoms with Gasteiger partial charge < -0.3 is 9.47 Å². The number of fused-ring (bicyclic) bond motifs is 1. The molecule has 0 bridgehead atoms. The molecule has 23 heavy (non-hydrogen) atoms. The highest BCUT2D eigenvalue weighted by molar-refractivity contribution is 7.11. The van der Waals surface area contributed by atoms with Crippen molar-refractivity contribution in [1.29, 1.82) is 0 Å². The van der Waals surface area contributed by atoms with Crippen LogP contribution in [-0.2, 0) is 11.3 Å². The van der Waals surface area contributed by atoms with Crippen molar-refractivity contribution in [3.8, 4) is 5.75 Å². The number of ether oxygens (including phenoxy) is 2. The van der Waals surface area contributed by atoms with E-state index in [1.807, 2.05) is 23.5 Å². The molecule has 0 N–H and O–H groups in total. The van der Waals surface area contributed by atoms with Crippen LogP contribution in [0.25, 0.3) is 0 Å². The maximum Gasteiger partial charge on any atom is 0.138 e. The standard InChI is InChI=1S/C18H22N2O2S/c1-13-4-5-15(23-13)12-20-9-10-21-18-16(20)6-7-17(18)22-14-3-2-8-19-11-14/h2-5,8,11,16-18H,6-7,9-10,12H2,1H3/t16-,17+,18+/m0/s1. The van der Waals surface area contributed by atoms with Crippen LogP contribution in [-0.4, -0.2) is 41.3 Å². The molecule has 0 spiro atoms. The lowest BCUT2D eigenvalue weighted by Crippen LogP contribution is -2.51. The molecule has 4 rings (SSSR count). The Kier molecular flexibility index (Phi) is 4.33. The molecule has 2 aliphatic rings. The fraction of sp³-hybridized carbons (Fsp3) is 0.500. The molecular formula is C18H22N2O2S. The van der Waals surface area contributed by atoms with E-state index in [0.717, 1.165) is 38.3 Å². The topological polar surface area (TPSA) is 34.6 Å². The first-order valence-electron chi connectivity index (χ1n) is 8.27. The van der Waals surface area contributed by atoms with Crippen molar-refractivity contribution in [1.82, 2.24) is 9.88 Å². The maximum atomic E-state index is 6.14. The molecule has 0 unspecified atom stereocenters. The van der Waals surface area contributed by atoms with E-state index in [2.05, 4.69) is 28.9 Å². The van der Waals surface area contributed by atoms with Gasteiger partial charge in [-0.1, -0.05) is 0 Å². The molecule has 4 nitrogen and oxygen atoms in total. The van der Waals surface area contributed by atoms with Crippen LogP contribution in [0.4, 0.5) is 0 Å². The van der Waals surface area contributed by atoms with Crippen molar-refractivity contribution in [3.05, 3.63) is 46.4 Å². The fourth-order valence-corrected chi connectivity index (χ4v) is 4.59. The molecule has 0 aromatic carbocycles. The van der Waals surface area contributed by atoms with E-state index >= 15 is 0 Å². The minimum Gasteiger partial charge on any atom is -0.486 e. The molecule has 2 fully saturated rings. The Bertz CT molecular complexity index is 645. The van der Waals surface area contributed by atoms with Gasteiger partial charge in [0.1, 0.15) is 18.0 Å². The van der Waals surface area contributed by atoms with Gasteiger partial charge in [-0.25, -0.2) is 0 Å². The van der Waals surface area contributed by atoms with Crippen molar-refractivity contribution in [2.45, 2.75) is 44.6 Å². The van der Waals surface area contributed by atoms with E-state index < -0.39 is 0 Å². The van der Waals surface area contributed by atoms with Crippen LogP contribution in [0.3, 0.4) is 0 Å². The van der Waals surface area contributed by atoms with Gasteiger partial charge in [-0.05, 0) is 44.0 Å². The Morgan fingerprint density at radius 2 is 2.30 bits per heavy atom. The summed E-state index contributed by atoms with van der Waals surface area (Å²) in [6, 6.07) is 8.81. The monoisotopic (exact) mass is 330 g/mol. The molecule has 5 heteroatoms. The number of pyridine rings is 1. The second-order valence-corrected chi connectivity index (χ2v) is 7.68. The quantitative estimate of drug-likeness (QED) is 0.862. The first kappa shape index (κ1) is 15.1. The molecule has 3 heterocycles. The zero-order valence-corrected chi connectivity index (χ0v) is 14.2. The van der Waals surface area contributed by atoms with Gasteiger partial charge in [-0.15, -0.1) is 11.3 Å². The summed E-state index contributed by atoms with van der Waals surface area (Å²) in [6.07, 6.45) is 6.04. The van der Waals surface area contributed by atoms with E-state index in [1.54, 1.807) is 12.4 Å². The molecule has 0 radical (unpaired) electrons. The normalized spacial score (nSPS) is 27.8. The predicted molar refractivity (Wildman–Crippen MR) is 90.9 cm³/mol. The van der Waals surface area contributed by atoms with Gasteiger partial charge in [-0.3, -0.25) is 9.88 Å². The smallest absolute Gasteiger partial charge is 0.138 e. The molecule has 2 aromatic rings.